The molecular weight excluding hydrogens is 262 g/mol. The highest BCUT2D eigenvalue weighted by atomic mass is 16.3. The molecule has 0 radical (unpaired) electrons. The first-order valence-electron chi connectivity index (χ1n) is 6.58. The number of nitrogen functional groups attached to an aromatic ring is 1. The monoisotopic (exact) mass is 279 g/mol. The van der Waals surface area contributed by atoms with Gasteiger partial charge in [-0.1, -0.05) is 6.08 Å². The van der Waals surface area contributed by atoms with Gasteiger partial charge in [0, 0.05) is 12.1 Å². The Hall–Kier alpha value is -1.70. The van der Waals surface area contributed by atoms with Gasteiger partial charge in [0.25, 0.3) is 0 Å². The third-order valence-corrected chi connectivity index (χ3v) is 4.16. The van der Waals surface area contributed by atoms with Crippen LogP contribution in [0.25, 0.3) is 0 Å². The van der Waals surface area contributed by atoms with Crippen LogP contribution in [0.2, 0.25) is 0 Å². The SMILES string of the molecule is Nc1ccn([C@@H]2C3=CC[C@@H](O)C[C@@H]3[C@@H](O)[C@H]2O)c(=O)n1. The average Bonchev–Trinajstić information content (AvgIpc) is 2.63. The molecule has 20 heavy (non-hydrogen) atoms. The maximum Gasteiger partial charge on any atom is 0.350 e. The summed E-state index contributed by atoms with van der Waals surface area (Å²) >= 11 is 0. The van der Waals surface area contributed by atoms with Gasteiger partial charge in [-0.2, -0.15) is 4.98 Å². The summed E-state index contributed by atoms with van der Waals surface area (Å²) in [5.41, 5.74) is 5.67. The molecule has 0 amide bonds. The van der Waals surface area contributed by atoms with Gasteiger partial charge in [-0.15, -0.1) is 0 Å². The predicted molar refractivity (Wildman–Crippen MR) is 70.8 cm³/mol. The molecule has 5 atom stereocenters. The lowest BCUT2D eigenvalue weighted by molar-refractivity contribution is -0.00391. The molecule has 1 aromatic rings. The molecule has 108 valence electrons. The fourth-order valence-corrected chi connectivity index (χ4v) is 3.21. The molecule has 3 rings (SSSR count). The van der Waals surface area contributed by atoms with Crippen LogP contribution in [-0.4, -0.2) is 43.2 Å². The molecule has 2 aliphatic rings. The van der Waals surface area contributed by atoms with Crippen LogP contribution < -0.4 is 11.4 Å². The lowest BCUT2D eigenvalue weighted by Crippen LogP contribution is -2.35. The van der Waals surface area contributed by atoms with Gasteiger partial charge >= 0.3 is 5.69 Å². The zero-order valence-corrected chi connectivity index (χ0v) is 10.8. The number of rotatable bonds is 1. The lowest BCUT2D eigenvalue weighted by atomic mass is 9.86. The smallest absolute Gasteiger partial charge is 0.350 e. The molecule has 0 saturated heterocycles. The number of hydrogen-bond acceptors (Lipinski definition) is 6. The second-order valence-corrected chi connectivity index (χ2v) is 5.40. The van der Waals surface area contributed by atoms with Crippen molar-refractivity contribution < 1.29 is 15.3 Å². The number of nitrogens with zero attached hydrogens (tertiary/aromatic N) is 2. The van der Waals surface area contributed by atoms with E-state index in [-0.39, 0.29) is 11.7 Å². The van der Waals surface area contributed by atoms with E-state index >= 15 is 0 Å². The molecule has 0 aromatic carbocycles. The summed E-state index contributed by atoms with van der Waals surface area (Å²) < 4.78 is 1.29. The average molecular weight is 279 g/mol. The van der Waals surface area contributed by atoms with Gasteiger partial charge in [0.05, 0.1) is 18.2 Å². The summed E-state index contributed by atoms with van der Waals surface area (Å²) in [4.78, 5) is 15.6. The molecule has 0 unspecified atom stereocenters. The highest BCUT2D eigenvalue weighted by Gasteiger charge is 2.48. The lowest BCUT2D eigenvalue weighted by Gasteiger charge is -2.25. The van der Waals surface area contributed by atoms with E-state index in [0.717, 1.165) is 5.57 Å². The van der Waals surface area contributed by atoms with E-state index in [9.17, 15) is 20.1 Å². The maximum absolute atomic E-state index is 11.9. The maximum atomic E-state index is 11.9. The molecule has 7 heteroatoms. The van der Waals surface area contributed by atoms with Crippen molar-refractivity contribution in [2.45, 2.75) is 37.2 Å². The Kier molecular flexibility index (Phi) is 3.12. The number of anilines is 1. The Labute approximate surface area is 115 Å². The molecule has 1 aromatic heterocycles. The van der Waals surface area contributed by atoms with Gasteiger partial charge < -0.3 is 21.1 Å². The van der Waals surface area contributed by atoms with E-state index in [1.165, 1.54) is 16.8 Å². The van der Waals surface area contributed by atoms with Crippen molar-refractivity contribution in [2.24, 2.45) is 5.92 Å². The summed E-state index contributed by atoms with van der Waals surface area (Å²) in [6.45, 7) is 0. The molecule has 2 aliphatic carbocycles. The van der Waals surface area contributed by atoms with Crippen LogP contribution in [0, 0.1) is 5.92 Å². The third kappa shape index (κ3) is 1.94. The van der Waals surface area contributed by atoms with E-state index in [1.807, 2.05) is 0 Å². The molecule has 0 spiro atoms. The predicted octanol–water partition coefficient (Wildman–Crippen LogP) is -1.20. The molecule has 1 heterocycles. The highest BCUT2D eigenvalue weighted by molar-refractivity contribution is 5.29. The molecule has 7 nitrogen and oxygen atoms in total. The minimum atomic E-state index is -1.10. The van der Waals surface area contributed by atoms with Crippen molar-refractivity contribution in [1.82, 2.24) is 9.55 Å². The van der Waals surface area contributed by atoms with Crippen molar-refractivity contribution in [3.8, 4) is 0 Å². The van der Waals surface area contributed by atoms with Gasteiger partial charge in [-0.25, -0.2) is 4.79 Å². The first-order valence-corrected chi connectivity index (χ1v) is 6.58. The Morgan fingerprint density at radius 2 is 2.05 bits per heavy atom. The normalized spacial score (nSPS) is 36.5. The molecule has 0 bridgehead atoms. The van der Waals surface area contributed by atoms with Crippen LogP contribution in [0.3, 0.4) is 0 Å². The first-order chi connectivity index (χ1) is 9.49. The van der Waals surface area contributed by atoms with Gasteiger partial charge in [-0.05, 0) is 24.5 Å². The molecule has 5 N–H and O–H groups in total. The fraction of sp³-hybridized carbons (Fsp3) is 0.538. The molecular formula is C13H17N3O4. The summed E-state index contributed by atoms with van der Waals surface area (Å²) in [6, 6.07) is 0.828. The van der Waals surface area contributed by atoms with Crippen molar-refractivity contribution in [3.63, 3.8) is 0 Å². The number of aliphatic hydroxyl groups is 3. The fourth-order valence-electron chi connectivity index (χ4n) is 3.21. The summed E-state index contributed by atoms with van der Waals surface area (Å²) in [5, 5.41) is 30.0. The van der Waals surface area contributed by atoms with Gasteiger partial charge in [0.15, 0.2) is 0 Å². The number of fused-ring (bicyclic) bond motifs is 1. The zero-order valence-electron chi connectivity index (χ0n) is 10.8. The minimum Gasteiger partial charge on any atom is -0.393 e. The number of aromatic nitrogens is 2. The van der Waals surface area contributed by atoms with Crippen molar-refractivity contribution in [2.75, 3.05) is 5.73 Å². The zero-order chi connectivity index (χ0) is 14.4. The quantitative estimate of drug-likeness (QED) is 0.479. The van der Waals surface area contributed by atoms with Gasteiger partial charge in [-0.3, -0.25) is 4.57 Å². The number of hydrogen-bond donors (Lipinski definition) is 4. The van der Waals surface area contributed by atoms with Crippen molar-refractivity contribution in [1.29, 1.82) is 0 Å². The Balaban J connectivity index is 2.06. The van der Waals surface area contributed by atoms with Crippen LogP contribution in [-0.2, 0) is 0 Å². The summed E-state index contributed by atoms with van der Waals surface area (Å²) in [7, 11) is 0. The van der Waals surface area contributed by atoms with E-state index in [4.69, 9.17) is 5.73 Å². The third-order valence-electron chi connectivity index (χ3n) is 4.16. The standard InChI is InChI=1S/C13H17N3O4/c14-9-3-4-16(13(20)15-9)10-7-2-1-6(17)5-8(7)11(18)12(10)19/h2-4,6,8,10-12,17-19H,1,5H2,(H2,14,15,20)/t6-,8+,10-,11-,12+/m1/s1. The van der Waals surface area contributed by atoms with E-state index in [2.05, 4.69) is 4.98 Å². The van der Waals surface area contributed by atoms with E-state index < -0.39 is 30.0 Å². The van der Waals surface area contributed by atoms with E-state index in [0.29, 0.717) is 12.8 Å². The van der Waals surface area contributed by atoms with E-state index in [1.54, 1.807) is 6.08 Å². The largest absolute Gasteiger partial charge is 0.393 e. The second-order valence-electron chi connectivity index (χ2n) is 5.40. The highest BCUT2D eigenvalue weighted by Crippen LogP contribution is 2.44. The van der Waals surface area contributed by atoms with Crippen LogP contribution in [0.15, 0.2) is 28.7 Å². The van der Waals surface area contributed by atoms with Gasteiger partial charge in [0.2, 0.25) is 0 Å². The first kappa shape index (κ1) is 13.3. The van der Waals surface area contributed by atoms with Crippen molar-refractivity contribution >= 4 is 5.82 Å². The minimum absolute atomic E-state index is 0.115. The van der Waals surface area contributed by atoms with Crippen molar-refractivity contribution in [3.05, 3.63) is 34.4 Å². The number of aliphatic hydroxyl groups excluding tert-OH is 3. The number of nitrogens with two attached hydrogens (primary N) is 1. The summed E-state index contributed by atoms with van der Waals surface area (Å²) in [6.07, 6.45) is 1.50. The Morgan fingerprint density at radius 1 is 1.30 bits per heavy atom. The van der Waals surface area contributed by atoms with Crippen LogP contribution >= 0.6 is 0 Å². The summed E-state index contributed by atoms with van der Waals surface area (Å²) in [5.74, 6) is -0.216. The molecule has 1 saturated carbocycles. The van der Waals surface area contributed by atoms with Crippen LogP contribution in [0.4, 0.5) is 5.82 Å². The topological polar surface area (TPSA) is 122 Å². The Bertz CT molecular complexity index is 612. The van der Waals surface area contributed by atoms with Crippen LogP contribution in [0.1, 0.15) is 18.9 Å². The molecule has 0 aliphatic heterocycles. The van der Waals surface area contributed by atoms with Crippen LogP contribution in [0.5, 0.6) is 0 Å². The second kappa shape index (κ2) is 4.69. The molecule has 1 fully saturated rings. The Morgan fingerprint density at radius 3 is 2.75 bits per heavy atom. The van der Waals surface area contributed by atoms with Gasteiger partial charge in [0.1, 0.15) is 11.9 Å².